The van der Waals surface area contributed by atoms with Crippen molar-refractivity contribution in [3.63, 3.8) is 0 Å². The van der Waals surface area contributed by atoms with Crippen LogP contribution in [-0.2, 0) is 9.59 Å². The number of carbonyl (C=O) groups is 2. The van der Waals surface area contributed by atoms with Gasteiger partial charge in [0.2, 0.25) is 0 Å². The Kier molecular flexibility index (Phi) is 5.75. The van der Waals surface area contributed by atoms with Gasteiger partial charge in [0, 0.05) is 0 Å². The first-order valence-electron chi connectivity index (χ1n) is 9.40. The Balaban J connectivity index is 1.62. The predicted octanol–water partition coefficient (Wildman–Crippen LogP) is 4.32. The van der Waals surface area contributed by atoms with Gasteiger partial charge in [0.05, 0.1) is 11.3 Å². The van der Waals surface area contributed by atoms with Crippen LogP contribution < -0.4 is 15.0 Å². The SMILES string of the molecule is N#Cc1cc(/C=C2\C(=O)NC(=S)N(c3ccc(Oc4ccccc4)cc3)C2=O)ccc1F. The Morgan fingerprint density at radius 1 is 1.00 bits per heavy atom. The number of thiocarbonyl (C=S) groups is 1. The molecule has 32 heavy (non-hydrogen) atoms. The molecule has 0 aromatic heterocycles. The molecule has 6 nitrogen and oxygen atoms in total. The van der Waals surface area contributed by atoms with Crippen molar-refractivity contribution >= 4 is 40.9 Å². The Morgan fingerprint density at radius 2 is 1.69 bits per heavy atom. The van der Waals surface area contributed by atoms with Gasteiger partial charge in [-0.15, -0.1) is 0 Å². The maximum atomic E-state index is 13.6. The number of halogens is 1. The molecular weight excluding hydrogens is 429 g/mol. The van der Waals surface area contributed by atoms with E-state index in [-0.39, 0.29) is 16.2 Å². The second kappa shape index (κ2) is 8.79. The second-order valence-electron chi connectivity index (χ2n) is 6.72. The molecule has 1 N–H and O–H groups in total. The monoisotopic (exact) mass is 443 g/mol. The minimum Gasteiger partial charge on any atom is -0.457 e. The van der Waals surface area contributed by atoms with Crippen LogP contribution in [0.5, 0.6) is 11.5 Å². The van der Waals surface area contributed by atoms with Gasteiger partial charge in [-0.2, -0.15) is 5.26 Å². The highest BCUT2D eigenvalue weighted by Crippen LogP contribution is 2.27. The average Bonchev–Trinajstić information content (AvgIpc) is 2.79. The van der Waals surface area contributed by atoms with Crippen molar-refractivity contribution < 1.29 is 18.7 Å². The number of hydrogen-bond acceptors (Lipinski definition) is 5. The zero-order valence-electron chi connectivity index (χ0n) is 16.4. The first-order valence-corrected chi connectivity index (χ1v) is 9.81. The molecule has 0 saturated carbocycles. The van der Waals surface area contributed by atoms with Gasteiger partial charge in [0.25, 0.3) is 11.8 Å². The lowest BCUT2D eigenvalue weighted by molar-refractivity contribution is -0.122. The van der Waals surface area contributed by atoms with Gasteiger partial charge in [-0.3, -0.25) is 19.8 Å². The number of ether oxygens (including phenoxy) is 1. The molecule has 1 aliphatic rings. The normalized spacial score (nSPS) is 14.8. The van der Waals surface area contributed by atoms with Crippen LogP contribution >= 0.6 is 12.2 Å². The molecule has 0 spiro atoms. The molecule has 4 rings (SSSR count). The third kappa shape index (κ3) is 4.24. The first-order chi connectivity index (χ1) is 15.5. The highest BCUT2D eigenvalue weighted by atomic mass is 32.1. The van der Waals surface area contributed by atoms with Crippen molar-refractivity contribution in [3.05, 3.63) is 95.3 Å². The van der Waals surface area contributed by atoms with E-state index in [4.69, 9.17) is 22.2 Å². The van der Waals surface area contributed by atoms with Gasteiger partial charge < -0.3 is 4.74 Å². The second-order valence-corrected chi connectivity index (χ2v) is 7.10. The topological polar surface area (TPSA) is 82.4 Å². The van der Waals surface area contributed by atoms with E-state index < -0.39 is 17.6 Å². The Bertz CT molecular complexity index is 1300. The van der Waals surface area contributed by atoms with Crippen molar-refractivity contribution in [1.29, 1.82) is 5.26 Å². The predicted molar refractivity (Wildman–Crippen MR) is 120 cm³/mol. The fourth-order valence-corrected chi connectivity index (χ4v) is 3.35. The minimum absolute atomic E-state index is 0.0642. The van der Waals surface area contributed by atoms with Crippen LogP contribution in [0.1, 0.15) is 11.1 Å². The third-order valence-corrected chi connectivity index (χ3v) is 4.88. The largest absolute Gasteiger partial charge is 0.457 e. The number of para-hydroxylation sites is 1. The van der Waals surface area contributed by atoms with Gasteiger partial charge in [-0.05, 0) is 72.4 Å². The molecule has 0 unspecified atom stereocenters. The summed E-state index contributed by atoms with van der Waals surface area (Å²) in [4.78, 5) is 26.7. The lowest BCUT2D eigenvalue weighted by Crippen LogP contribution is -2.54. The van der Waals surface area contributed by atoms with Crippen molar-refractivity contribution in [2.45, 2.75) is 0 Å². The summed E-state index contributed by atoms with van der Waals surface area (Å²) in [6, 6.07) is 21.3. The van der Waals surface area contributed by atoms with Crippen LogP contribution in [0.25, 0.3) is 6.08 Å². The molecule has 0 radical (unpaired) electrons. The van der Waals surface area contributed by atoms with E-state index in [1.165, 1.54) is 23.1 Å². The van der Waals surface area contributed by atoms with Crippen molar-refractivity contribution in [2.75, 3.05) is 4.90 Å². The number of nitrogens with one attached hydrogen (secondary N) is 1. The Hall–Kier alpha value is -4.35. The van der Waals surface area contributed by atoms with Crippen LogP contribution in [0, 0.1) is 17.1 Å². The quantitative estimate of drug-likeness (QED) is 0.369. The molecule has 1 saturated heterocycles. The number of carbonyl (C=O) groups excluding carboxylic acids is 2. The van der Waals surface area contributed by atoms with Crippen LogP contribution in [0.4, 0.5) is 10.1 Å². The molecule has 0 aliphatic carbocycles. The molecule has 1 heterocycles. The summed E-state index contributed by atoms with van der Waals surface area (Å²) in [5.41, 5.74) is 0.382. The summed E-state index contributed by atoms with van der Waals surface area (Å²) in [6.45, 7) is 0. The van der Waals surface area contributed by atoms with E-state index in [9.17, 15) is 14.0 Å². The Morgan fingerprint density at radius 3 is 2.38 bits per heavy atom. The van der Waals surface area contributed by atoms with Gasteiger partial charge in [-0.1, -0.05) is 24.3 Å². The van der Waals surface area contributed by atoms with E-state index >= 15 is 0 Å². The molecule has 8 heteroatoms. The van der Waals surface area contributed by atoms with Gasteiger partial charge in [0.15, 0.2) is 5.11 Å². The number of anilines is 1. The molecule has 2 amide bonds. The molecule has 3 aromatic rings. The van der Waals surface area contributed by atoms with Gasteiger partial charge in [-0.25, -0.2) is 4.39 Å². The van der Waals surface area contributed by atoms with Crippen molar-refractivity contribution in [3.8, 4) is 17.6 Å². The molecule has 1 aliphatic heterocycles. The first kappa shape index (κ1) is 20.9. The zero-order valence-corrected chi connectivity index (χ0v) is 17.2. The summed E-state index contributed by atoms with van der Waals surface area (Å²) in [6.07, 6.45) is 1.29. The lowest BCUT2D eigenvalue weighted by atomic mass is 10.0. The molecule has 0 bridgehead atoms. The maximum Gasteiger partial charge on any atom is 0.270 e. The van der Waals surface area contributed by atoms with E-state index in [1.54, 1.807) is 30.3 Å². The molecular formula is C24H14FN3O3S. The Labute approximate surface area is 188 Å². The number of nitriles is 1. The van der Waals surface area contributed by atoms with Crippen LogP contribution in [0.3, 0.4) is 0 Å². The summed E-state index contributed by atoms with van der Waals surface area (Å²) in [5.74, 6) is -0.778. The van der Waals surface area contributed by atoms with E-state index in [2.05, 4.69) is 5.32 Å². The van der Waals surface area contributed by atoms with Crippen molar-refractivity contribution in [1.82, 2.24) is 5.32 Å². The number of nitrogens with zero attached hydrogens (tertiary/aromatic N) is 2. The van der Waals surface area contributed by atoms with Crippen LogP contribution in [0.15, 0.2) is 78.4 Å². The van der Waals surface area contributed by atoms with Gasteiger partial charge in [0.1, 0.15) is 29.0 Å². The van der Waals surface area contributed by atoms with E-state index in [0.717, 1.165) is 6.07 Å². The summed E-state index contributed by atoms with van der Waals surface area (Å²) >= 11 is 5.20. The number of benzene rings is 3. The van der Waals surface area contributed by atoms with E-state index in [1.807, 2.05) is 30.3 Å². The fraction of sp³-hybridized carbons (Fsp3) is 0. The fourth-order valence-electron chi connectivity index (χ4n) is 3.06. The third-order valence-electron chi connectivity index (χ3n) is 4.60. The zero-order chi connectivity index (χ0) is 22.7. The van der Waals surface area contributed by atoms with Gasteiger partial charge >= 0.3 is 0 Å². The number of hydrogen-bond donors (Lipinski definition) is 1. The summed E-state index contributed by atoms with van der Waals surface area (Å²) < 4.78 is 19.3. The smallest absolute Gasteiger partial charge is 0.270 e. The number of rotatable bonds is 4. The highest BCUT2D eigenvalue weighted by molar-refractivity contribution is 7.80. The van der Waals surface area contributed by atoms with Crippen LogP contribution in [-0.4, -0.2) is 16.9 Å². The molecule has 0 atom stereocenters. The number of amides is 2. The molecule has 156 valence electrons. The minimum atomic E-state index is -0.685. The maximum absolute atomic E-state index is 13.6. The molecule has 1 fully saturated rings. The standard InChI is InChI=1S/C24H14FN3O3S/c25-21-11-6-15(12-16(21)14-26)13-20-22(29)27-24(32)28(23(20)30)17-7-9-19(10-8-17)31-18-4-2-1-3-5-18/h1-13H,(H,27,29,32)/b20-13+. The van der Waals surface area contributed by atoms with Crippen LogP contribution in [0.2, 0.25) is 0 Å². The van der Waals surface area contributed by atoms with E-state index in [0.29, 0.717) is 22.7 Å². The highest BCUT2D eigenvalue weighted by Gasteiger charge is 2.34. The lowest BCUT2D eigenvalue weighted by Gasteiger charge is -2.29. The van der Waals surface area contributed by atoms with Crippen molar-refractivity contribution in [2.24, 2.45) is 0 Å². The summed E-state index contributed by atoms with van der Waals surface area (Å²) in [5, 5.41) is 11.4. The molecule has 3 aromatic carbocycles. The average molecular weight is 443 g/mol. The summed E-state index contributed by atoms with van der Waals surface area (Å²) in [7, 11) is 0.